The summed E-state index contributed by atoms with van der Waals surface area (Å²) < 4.78 is 21.2. The predicted molar refractivity (Wildman–Crippen MR) is 110 cm³/mol. The maximum atomic E-state index is 9.37. The third-order valence-corrected chi connectivity index (χ3v) is 4.47. The molecule has 0 bridgehead atoms. The third kappa shape index (κ3) is 7.08. The minimum atomic E-state index is -0.882. The first kappa shape index (κ1) is 22.7. The van der Waals surface area contributed by atoms with E-state index in [1.54, 1.807) is 0 Å². The van der Waals surface area contributed by atoms with Gasteiger partial charge in [0.25, 0.3) is 0 Å². The number of aliphatic hydroxyl groups is 2. The standard InChI is InChI=1S/C23H28O6/c1-4-13-26-16-27-17-29-22-11-7-19(8-12-22)23(2,3)18-5-9-21(10-6-18)28-15-20(25)14-24/h1,5-12,20,24-25H,13-17H2,2-3H3. The van der Waals surface area contributed by atoms with E-state index in [0.717, 1.165) is 11.1 Å². The molecule has 1 unspecified atom stereocenters. The first-order valence-corrected chi connectivity index (χ1v) is 9.32. The second kappa shape index (κ2) is 11.4. The minimum absolute atomic E-state index is 0.0560. The molecule has 0 aliphatic rings. The van der Waals surface area contributed by atoms with E-state index in [-0.39, 0.29) is 38.8 Å². The summed E-state index contributed by atoms with van der Waals surface area (Å²) in [5.74, 6) is 3.70. The van der Waals surface area contributed by atoms with E-state index in [1.807, 2.05) is 48.5 Å². The number of benzene rings is 2. The Morgan fingerprint density at radius 1 is 0.897 bits per heavy atom. The molecule has 0 saturated carbocycles. The summed E-state index contributed by atoms with van der Waals surface area (Å²) in [6, 6.07) is 15.5. The maximum Gasteiger partial charge on any atom is 0.191 e. The molecular formula is C23H28O6. The maximum absolute atomic E-state index is 9.37. The lowest BCUT2D eigenvalue weighted by Gasteiger charge is -2.26. The normalized spacial score (nSPS) is 12.2. The molecule has 156 valence electrons. The fraction of sp³-hybridized carbons (Fsp3) is 0.391. The Morgan fingerprint density at radius 3 is 1.97 bits per heavy atom. The first-order valence-electron chi connectivity index (χ1n) is 9.32. The van der Waals surface area contributed by atoms with Gasteiger partial charge >= 0.3 is 0 Å². The molecule has 0 aliphatic carbocycles. The van der Waals surface area contributed by atoms with Crippen molar-refractivity contribution in [3.63, 3.8) is 0 Å². The van der Waals surface area contributed by atoms with Crippen molar-refractivity contribution in [2.24, 2.45) is 0 Å². The average Bonchev–Trinajstić information content (AvgIpc) is 2.75. The summed E-state index contributed by atoms with van der Waals surface area (Å²) in [5, 5.41) is 18.2. The van der Waals surface area contributed by atoms with E-state index in [4.69, 9.17) is 30.5 Å². The van der Waals surface area contributed by atoms with Crippen molar-refractivity contribution >= 4 is 0 Å². The second-order valence-electron chi connectivity index (χ2n) is 6.96. The van der Waals surface area contributed by atoms with Crippen molar-refractivity contribution in [3.8, 4) is 23.8 Å². The van der Waals surface area contributed by atoms with Gasteiger partial charge in [-0.25, -0.2) is 0 Å². The number of aliphatic hydroxyl groups excluding tert-OH is 2. The molecule has 0 fully saturated rings. The summed E-state index contributed by atoms with van der Waals surface area (Å²) in [6.07, 6.45) is 4.20. The molecule has 6 heteroatoms. The lowest BCUT2D eigenvalue weighted by Crippen LogP contribution is -2.21. The molecule has 2 rings (SSSR count). The van der Waals surface area contributed by atoms with E-state index in [1.165, 1.54) is 0 Å². The third-order valence-electron chi connectivity index (χ3n) is 4.47. The number of rotatable bonds is 12. The Labute approximate surface area is 172 Å². The van der Waals surface area contributed by atoms with Crippen LogP contribution in [0.2, 0.25) is 0 Å². The SMILES string of the molecule is C#CCOCOCOc1ccc(C(C)(C)c2ccc(OCC(O)CO)cc2)cc1. The number of hydrogen-bond donors (Lipinski definition) is 2. The van der Waals surface area contributed by atoms with Gasteiger partial charge in [-0.2, -0.15) is 0 Å². The summed E-state index contributed by atoms with van der Waals surface area (Å²) in [7, 11) is 0. The zero-order valence-electron chi connectivity index (χ0n) is 16.8. The number of terminal acetylenes is 1. The van der Waals surface area contributed by atoms with Crippen LogP contribution in [0.1, 0.15) is 25.0 Å². The van der Waals surface area contributed by atoms with Gasteiger partial charge in [-0.3, -0.25) is 0 Å². The molecule has 29 heavy (non-hydrogen) atoms. The van der Waals surface area contributed by atoms with Crippen molar-refractivity contribution in [1.29, 1.82) is 0 Å². The molecule has 0 aliphatic heterocycles. The smallest absolute Gasteiger partial charge is 0.191 e. The van der Waals surface area contributed by atoms with Gasteiger partial charge < -0.3 is 29.2 Å². The van der Waals surface area contributed by atoms with Crippen molar-refractivity contribution in [2.75, 3.05) is 33.4 Å². The summed E-state index contributed by atoms with van der Waals surface area (Å²) >= 11 is 0. The lowest BCUT2D eigenvalue weighted by molar-refractivity contribution is -0.0913. The molecule has 2 aromatic carbocycles. The molecule has 0 aromatic heterocycles. The minimum Gasteiger partial charge on any atom is -0.491 e. The van der Waals surface area contributed by atoms with Gasteiger partial charge in [0.05, 0.1) is 6.61 Å². The second-order valence-corrected chi connectivity index (χ2v) is 6.96. The van der Waals surface area contributed by atoms with Crippen molar-refractivity contribution in [1.82, 2.24) is 0 Å². The molecule has 2 aromatic rings. The molecule has 0 heterocycles. The Hall–Kier alpha value is -2.56. The Balaban J connectivity index is 1.92. The average molecular weight is 400 g/mol. The van der Waals surface area contributed by atoms with Crippen molar-refractivity contribution < 1.29 is 29.2 Å². The van der Waals surface area contributed by atoms with Crippen LogP contribution in [0.3, 0.4) is 0 Å². The highest BCUT2D eigenvalue weighted by Crippen LogP contribution is 2.33. The van der Waals surface area contributed by atoms with Crippen LogP contribution in [-0.2, 0) is 14.9 Å². The molecule has 2 N–H and O–H groups in total. The Kier molecular flexibility index (Phi) is 8.97. The summed E-state index contributed by atoms with van der Waals surface area (Å²) in [5.41, 5.74) is 2.03. The van der Waals surface area contributed by atoms with Crippen LogP contribution < -0.4 is 9.47 Å². The number of hydrogen-bond acceptors (Lipinski definition) is 6. The highest BCUT2D eigenvalue weighted by atomic mass is 16.7. The van der Waals surface area contributed by atoms with Crippen molar-refractivity contribution in [2.45, 2.75) is 25.4 Å². The van der Waals surface area contributed by atoms with Gasteiger partial charge in [-0.15, -0.1) is 6.42 Å². The number of ether oxygens (including phenoxy) is 4. The van der Waals surface area contributed by atoms with Gasteiger partial charge in [0.15, 0.2) is 13.6 Å². The predicted octanol–water partition coefficient (Wildman–Crippen LogP) is 2.70. The lowest BCUT2D eigenvalue weighted by atomic mass is 9.78. The van der Waals surface area contributed by atoms with E-state index in [2.05, 4.69) is 19.8 Å². The van der Waals surface area contributed by atoms with Gasteiger partial charge in [-0.05, 0) is 35.4 Å². The van der Waals surface area contributed by atoms with Crippen LogP contribution in [0, 0.1) is 12.3 Å². The first-order chi connectivity index (χ1) is 14.0. The Bertz CT molecular complexity index is 761. The summed E-state index contributed by atoms with van der Waals surface area (Å²) in [6.45, 7) is 4.40. The zero-order valence-corrected chi connectivity index (χ0v) is 16.8. The van der Waals surface area contributed by atoms with Crippen LogP contribution in [0.4, 0.5) is 0 Å². The van der Waals surface area contributed by atoms with Crippen LogP contribution in [0.5, 0.6) is 11.5 Å². The Morgan fingerprint density at radius 2 is 1.45 bits per heavy atom. The molecule has 0 radical (unpaired) electrons. The van der Waals surface area contributed by atoms with E-state index in [9.17, 15) is 5.11 Å². The molecule has 0 spiro atoms. The molecule has 0 saturated heterocycles. The fourth-order valence-corrected chi connectivity index (χ4v) is 2.65. The van der Waals surface area contributed by atoms with Crippen LogP contribution in [0.15, 0.2) is 48.5 Å². The highest BCUT2D eigenvalue weighted by molar-refractivity contribution is 5.41. The van der Waals surface area contributed by atoms with Crippen LogP contribution >= 0.6 is 0 Å². The van der Waals surface area contributed by atoms with Crippen molar-refractivity contribution in [3.05, 3.63) is 59.7 Å². The van der Waals surface area contributed by atoms with E-state index in [0.29, 0.717) is 11.5 Å². The van der Waals surface area contributed by atoms with Gasteiger partial charge in [0.1, 0.15) is 30.8 Å². The topological polar surface area (TPSA) is 77.4 Å². The van der Waals surface area contributed by atoms with Crippen LogP contribution in [-0.4, -0.2) is 49.7 Å². The van der Waals surface area contributed by atoms with Gasteiger partial charge in [0, 0.05) is 5.41 Å². The monoisotopic (exact) mass is 400 g/mol. The van der Waals surface area contributed by atoms with E-state index < -0.39 is 6.10 Å². The highest BCUT2D eigenvalue weighted by Gasteiger charge is 2.23. The molecule has 0 amide bonds. The van der Waals surface area contributed by atoms with E-state index >= 15 is 0 Å². The largest absolute Gasteiger partial charge is 0.491 e. The quantitative estimate of drug-likeness (QED) is 0.324. The molecular weight excluding hydrogens is 372 g/mol. The fourth-order valence-electron chi connectivity index (χ4n) is 2.65. The zero-order chi connectivity index (χ0) is 21.1. The molecule has 1 atom stereocenters. The van der Waals surface area contributed by atoms with Gasteiger partial charge in [-0.1, -0.05) is 44.0 Å². The molecule has 6 nitrogen and oxygen atoms in total. The summed E-state index contributed by atoms with van der Waals surface area (Å²) in [4.78, 5) is 0. The van der Waals surface area contributed by atoms with Gasteiger partial charge in [0.2, 0.25) is 0 Å². The van der Waals surface area contributed by atoms with Crippen LogP contribution in [0.25, 0.3) is 0 Å².